The van der Waals surface area contributed by atoms with Crippen molar-refractivity contribution in [3.05, 3.63) is 0 Å². The summed E-state index contributed by atoms with van der Waals surface area (Å²) in [6, 6.07) is 0. The Labute approximate surface area is 92.6 Å². The molecule has 0 heterocycles. The van der Waals surface area contributed by atoms with Crippen molar-refractivity contribution in [1.82, 2.24) is 0 Å². The van der Waals surface area contributed by atoms with Gasteiger partial charge in [-0.2, -0.15) is 0 Å². The normalized spacial score (nSPS) is 11.9. The molecule has 0 radical (unpaired) electrons. The summed E-state index contributed by atoms with van der Waals surface area (Å²) in [6.07, 6.45) is 0. The number of hydrogen-bond donors (Lipinski definition) is 0. The van der Waals surface area contributed by atoms with Crippen LogP contribution >= 0.6 is 0 Å². The van der Waals surface area contributed by atoms with Gasteiger partial charge in [0.05, 0.1) is 0 Å². The lowest BCUT2D eigenvalue weighted by Gasteiger charge is -2.28. The molecule has 0 aliphatic carbocycles. The Kier molecular flexibility index (Phi) is 6.74. The summed E-state index contributed by atoms with van der Waals surface area (Å²) in [6.45, 7) is 9.42. The van der Waals surface area contributed by atoms with E-state index in [0.717, 1.165) is 0 Å². The molecule has 0 fully saturated rings. The highest BCUT2D eigenvalue weighted by atomic mass is 28.3. The predicted molar refractivity (Wildman–Crippen MR) is 57.3 cm³/mol. The standard InChI is InChI=1S/C9H20O5Si/c1-6-11-15(12-7-2)14-9(4,5)13-8(3)10/h15H,6-7H2,1-5H3. The van der Waals surface area contributed by atoms with Gasteiger partial charge in [-0.25, -0.2) is 0 Å². The highest BCUT2D eigenvalue weighted by molar-refractivity contribution is 6.36. The topological polar surface area (TPSA) is 54.0 Å². The average molecular weight is 236 g/mol. The first-order valence-electron chi connectivity index (χ1n) is 5.02. The van der Waals surface area contributed by atoms with Crippen molar-refractivity contribution in [2.45, 2.75) is 40.4 Å². The lowest BCUT2D eigenvalue weighted by molar-refractivity contribution is -0.193. The minimum atomic E-state index is -2.19. The number of rotatable bonds is 7. The number of ether oxygens (including phenoxy) is 1. The minimum Gasteiger partial charge on any atom is -0.435 e. The molecule has 0 aliphatic heterocycles. The third kappa shape index (κ3) is 7.49. The predicted octanol–water partition coefficient (Wildman–Crippen LogP) is 1.09. The van der Waals surface area contributed by atoms with Crippen molar-refractivity contribution in [2.75, 3.05) is 13.2 Å². The monoisotopic (exact) mass is 236 g/mol. The first-order chi connectivity index (χ1) is 6.91. The van der Waals surface area contributed by atoms with Gasteiger partial charge in [0.1, 0.15) is 0 Å². The van der Waals surface area contributed by atoms with Gasteiger partial charge in [-0.1, -0.05) is 0 Å². The molecular formula is C9H20O5Si. The second-order valence-corrected chi connectivity index (χ2v) is 4.79. The number of hydrogen-bond acceptors (Lipinski definition) is 5. The summed E-state index contributed by atoms with van der Waals surface area (Å²) in [5.74, 6) is -1.38. The smallest absolute Gasteiger partial charge is 0.435 e. The van der Waals surface area contributed by atoms with Gasteiger partial charge in [-0.05, 0) is 13.8 Å². The second-order valence-electron chi connectivity index (χ2n) is 3.31. The van der Waals surface area contributed by atoms with Crippen LogP contribution in [0.25, 0.3) is 0 Å². The van der Waals surface area contributed by atoms with Gasteiger partial charge in [0.25, 0.3) is 0 Å². The third-order valence-corrected chi connectivity index (χ3v) is 3.35. The molecule has 0 unspecified atom stereocenters. The fourth-order valence-corrected chi connectivity index (χ4v) is 2.28. The summed E-state index contributed by atoms with van der Waals surface area (Å²) in [5.41, 5.74) is 0. The van der Waals surface area contributed by atoms with Gasteiger partial charge < -0.3 is 18.0 Å². The summed E-state index contributed by atoms with van der Waals surface area (Å²) in [5, 5.41) is 0. The summed E-state index contributed by atoms with van der Waals surface area (Å²) in [7, 11) is -2.19. The molecule has 0 rings (SSSR count). The molecule has 5 nitrogen and oxygen atoms in total. The van der Waals surface area contributed by atoms with Crippen molar-refractivity contribution in [1.29, 1.82) is 0 Å². The van der Waals surface area contributed by atoms with E-state index in [2.05, 4.69) is 0 Å². The van der Waals surface area contributed by atoms with Gasteiger partial charge in [0.2, 0.25) is 5.79 Å². The zero-order chi connectivity index (χ0) is 11.9. The summed E-state index contributed by atoms with van der Waals surface area (Å²) >= 11 is 0. The van der Waals surface area contributed by atoms with Crippen LogP contribution in [0.3, 0.4) is 0 Å². The van der Waals surface area contributed by atoms with E-state index in [1.807, 2.05) is 13.8 Å². The maximum Gasteiger partial charge on any atom is 0.487 e. The maximum absolute atomic E-state index is 10.8. The van der Waals surface area contributed by atoms with Gasteiger partial charge in [-0.3, -0.25) is 4.79 Å². The SMILES string of the molecule is CCO[SiH](OCC)OC(C)(C)OC(C)=O. The summed E-state index contributed by atoms with van der Waals surface area (Å²) < 4.78 is 21.1. The Bertz CT molecular complexity index is 189. The largest absolute Gasteiger partial charge is 0.487 e. The van der Waals surface area contributed by atoms with Crippen LogP contribution in [0.1, 0.15) is 34.6 Å². The molecule has 0 aromatic rings. The van der Waals surface area contributed by atoms with Crippen LogP contribution in [0.2, 0.25) is 0 Å². The fourth-order valence-electron chi connectivity index (χ4n) is 0.990. The zero-order valence-corrected chi connectivity index (χ0v) is 11.2. The van der Waals surface area contributed by atoms with Gasteiger partial charge >= 0.3 is 15.5 Å². The van der Waals surface area contributed by atoms with Gasteiger partial charge in [0.15, 0.2) is 0 Å². The molecule has 15 heavy (non-hydrogen) atoms. The molecule has 90 valence electrons. The van der Waals surface area contributed by atoms with E-state index >= 15 is 0 Å². The quantitative estimate of drug-likeness (QED) is 0.376. The Balaban J connectivity index is 4.16. The molecular weight excluding hydrogens is 216 g/mol. The molecule has 0 saturated carbocycles. The molecule has 6 heteroatoms. The Morgan fingerprint density at radius 3 is 2.00 bits per heavy atom. The Morgan fingerprint density at radius 1 is 1.20 bits per heavy atom. The lowest BCUT2D eigenvalue weighted by atomic mass is 10.4. The van der Waals surface area contributed by atoms with Crippen LogP contribution in [0.4, 0.5) is 0 Å². The average Bonchev–Trinajstić information content (AvgIpc) is 2.01. The molecule has 0 N–H and O–H groups in total. The van der Waals surface area contributed by atoms with Crippen LogP contribution in [0.5, 0.6) is 0 Å². The molecule has 0 aromatic carbocycles. The van der Waals surface area contributed by atoms with E-state index in [1.54, 1.807) is 13.8 Å². The van der Waals surface area contributed by atoms with Crippen molar-refractivity contribution >= 4 is 15.5 Å². The van der Waals surface area contributed by atoms with Gasteiger partial charge in [-0.15, -0.1) is 0 Å². The van der Waals surface area contributed by atoms with E-state index in [9.17, 15) is 4.79 Å². The number of carbonyl (C=O) groups excluding carboxylic acids is 1. The van der Waals surface area contributed by atoms with Crippen molar-refractivity contribution in [3.63, 3.8) is 0 Å². The lowest BCUT2D eigenvalue weighted by Crippen LogP contribution is -2.40. The molecule has 0 spiro atoms. The highest BCUT2D eigenvalue weighted by Gasteiger charge is 2.29. The minimum absolute atomic E-state index is 0.388. The molecule has 0 aliphatic rings. The molecule has 0 saturated heterocycles. The van der Waals surface area contributed by atoms with Crippen LogP contribution in [0.15, 0.2) is 0 Å². The highest BCUT2D eigenvalue weighted by Crippen LogP contribution is 2.14. The van der Waals surface area contributed by atoms with E-state index in [-0.39, 0.29) is 5.97 Å². The first-order valence-corrected chi connectivity index (χ1v) is 6.43. The van der Waals surface area contributed by atoms with Crippen LogP contribution in [0, 0.1) is 0 Å². The third-order valence-electron chi connectivity index (χ3n) is 1.38. The van der Waals surface area contributed by atoms with Crippen molar-refractivity contribution in [2.24, 2.45) is 0 Å². The Morgan fingerprint density at radius 2 is 1.67 bits per heavy atom. The van der Waals surface area contributed by atoms with E-state index in [1.165, 1.54) is 6.92 Å². The van der Waals surface area contributed by atoms with Crippen molar-refractivity contribution in [3.8, 4) is 0 Å². The Hall–Kier alpha value is -0.433. The number of esters is 1. The number of carbonyl (C=O) groups is 1. The van der Waals surface area contributed by atoms with Gasteiger partial charge in [0, 0.05) is 34.0 Å². The molecule has 0 aromatic heterocycles. The van der Waals surface area contributed by atoms with Crippen LogP contribution in [-0.2, 0) is 22.8 Å². The molecule has 0 atom stereocenters. The zero-order valence-electron chi connectivity index (χ0n) is 10.0. The first kappa shape index (κ1) is 14.6. The maximum atomic E-state index is 10.8. The summed E-state index contributed by atoms with van der Waals surface area (Å²) in [4.78, 5) is 10.8. The fraction of sp³-hybridized carbons (Fsp3) is 0.889. The van der Waals surface area contributed by atoms with E-state index in [4.69, 9.17) is 18.0 Å². The second kappa shape index (κ2) is 6.94. The molecule has 0 amide bonds. The van der Waals surface area contributed by atoms with E-state index in [0.29, 0.717) is 13.2 Å². The molecule has 0 bridgehead atoms. The van der Waals surface area contributed by atoms with Crippen LogP contribution in [-0.4, -0.2) is 34.5 Å². The van der Waals surface area contributed by atoms with E-state index < -0.39 is 15.3 Å². The van der Waals surface area contributed by atoms with Crippen molar-refractivity contribution < 1.29 is 22.8 Å². The van der Waals surface area contributed by atoms with Crippen LogP contribution < -0.4 is 0 Å².